The van der Waals surface area contributed by atoms with Crippen molar-refractivity contribution < 1.29 is 31.5 Å². The van der Waals surface area contributed by atoms with Gasteiger partial charge in [0, 0.05) is 6.07 Å². The molecule has 0 amide bonds. The summed E-state index contributed by atoms with van der Waals surface area (Å²) in [6.45, 7) is 0. The predicted octanol–water partition coefficient (Wildman–Crippen LogP) is 1.57. The highest BCUT2D eigenvalue weighted by Crippen LogP contribution is 2.29. The normalized spacial score (nSPS) is 11.6. The van der Waals surface area contributed by atoms with Crippen LogP contribution in [0.15, 0.2) is 47.4 Å². The van der Waals surface area contributed by atoms with Gasteiger partial charge in [0.25, 0.3) is 10.0 Å². The van der Waals surface area contributed by atoms with E-state index in [1.165, 1.54) is 49.6 Å². The SMILES string of the molecule is COc1cc(NS(=O)(=O)c2ccc(C(=O)O)cc2)ccc1NS(C)(=O)=O. The summed E-state index contributed by atoms with van der Waals surface area (Å²) in [5.41, 5.74) is 0.258. The summed E-state index contributed by atoms with van der Waals surface area (Å²) in [5, 5.41) is 8.85. The van der Waals surface area contributed by atoms with Crippen molar-refractivity contribution in [3.8, 4) is 5.75 Å². The fourth-order valence-electron chi connectivity index (χ4n) is 2.03. The van der Waals surface area contributed by atoms with Crippen molar-refractivity contribution in [2.75, 3.05) is 22.8 Å². The first-order chi connectivity index (χ1) is 12.0. The molecule has 26 heavy (non-hydrogen) atoms. The van der Waals surface area contributed by atoms with Gasteiger partial charge in [-0.3, -0.25) is 9.44 Å². The molecule has 0 bridgehead atoms. The minimum atomic E-state index is -3.97. The number of carboxylic acids is 1. The monoisotopic (exact) mass is 400 g/mol. The van der Waals surface area contributed by atoms with Crippen LogP contribution in [0.5, 0.6) is 5.75 Å². The second kappa shape index (κ2) is 7.22. The van der Waals surface area contributed by atoms with Gasteiger partial charge in [-0.1, -0.05) is 0 Å². The molecule has 9 nitrogen and oxygen atoms in total. The van der Waals surface area contributed by atoms with Crippen LogP contribution in [0.2, 0.25) is 0 Å². The van der Waals surface area contributed by atoms with E-state index in [2.05, 4.69) is 9.44 Å². The number of rotatable bonds is 7. The van der Waals surface area contributed by atoms with E-state index < -0.39 is 26.0 Å². The molecule has 0 aliphatic carbocycles. The lowest BCUT2D eigenvalue weighted by Crippen LogP contribution is -2.14. The van der Waals surface area contributed by atoms with Crippen molar-refractivity contribution in [2.24, 2.45) is 0 Å². The van der Waals surface area contributed by atoms with Gasteiger partial charge in [0.15, 0.2) is 0 Å². The maximum absolute atomic E-state index is 12.4. The lowest BCUT2D eigenvalue weighted by molar-refractivity contribution is 0.0696. The number of hydrogen-bond donors (Lipinski definition) is 3. The molecule has 0 aliphatic rings. The number of carbonyl (C=O) groups is 1. The van der Waals surface area contributed by atoms with Gasteiger partial charge >= 0.3 is 5.97 Å². The Bertz CT molecular complexity index is 1030. The lowest BCUT2D eigenvalue weighted by atomic mass is 10.2. The number of carboxylic acid groups (broad SMARTS) is 1. The van der Waals surface area contributed by atoms with Crippen molar-refractivity contribution in [2.45, 2.75) is 4.90 Å². The zero-order chi connectivity index (χ0) is 19.5. The summed E-state index contributed by atoms with van der Waals surface area (Å²) >= 11 is 0. The third-order valence-corrected chi connectivity index (χ3v) is 5.15. The van der Waals surface area contributed by atoms with Crippen molar-refractivity contribution in [1.82, 2.24) is 0 Å². The van der Waals surface area contributed by atoms with Gasteiger partial charge < -0.3 is 9.84 Å². The number of sulfonamides is 2. The lowest BCUT2D eigenvalue weighted by Gasteiger charge is -2.13. The van der Waals surface area contributed by atoms with Gasteiger partial charge in [0.2, 0.25) is 10.0 Å². The average molecular weight is 400 g/mol. The van der Waals surface area contributed by atoms with Crippen LogP contribution in [0, 0.1) is 0 Å². The van der Waals surface area contributed by atoms with E-state index in [0.29, 0.717) is 0 Å². The second-order valence-electron chi connectivity index (χ2n) is 5.22. The molecule has 2 rings (SSSR count). The molecule has 11 heteroatoms. The first-order valence-electron chi connectivity index (χ1n) is 7.04. The molecule has 2 aromatic carbocycles. The van der Waals surface area contributed by atoms with E-state index in [1.807, 2.05) is 0 Å². The minimum Gasteiger partial charge on any atom is -0.494 e. The molecular weight excluding hydrogens is 384 g/mol. The van der Waals surface area contributed by atoms with E-state index in [4.69, 9.17) is 9.84 Å². The van der Waals surface area contributed by atoms with E-state index in [1.54, 1.807) is 0 Å². The number of ether oxygens (including phenoxy) is 1. The maximum Gasteiger partial charge on any atom is 0.335 e. The fraction of sp³-hybridized carbons (Fsp3) is 0.133. The van der Waals surface area contributed by atoms with Crippen LogP contribution in [-0.4, -0.2) is 41.3 Å². The van der Waals surface area contributed by atoms with Gasteiger partial charge in [-0.05, 0) is 36.4 Å². The van der Waals surface area contributed by atoms with Crippen molar-refractivity contribution >= 4 is 37.4 Å². The average Bonchev–Trinajstić information content (AvgIpc) is 2.54. The van der Waals surface area contributed by atoms with Gasteiger partial charge in [-0.2, -0.15) is 0 Å². The predicted molar refractivity (Wildman–Crippen MR) is 95.7 cm³/mol. The van der Waals surface area contributed by atoms with E-state index in [9.17, 15) is 21.6 Å². The van der Waals surface area contributed by atoms with E-state index in [-0.39, 0.29) is 27.6 Å². The standard InChI is InChI=1S/C15H16N2O7S2/c1-24-14-9-11(5-8-13(14)17-25(2,20)21)16-26(22,23)12-6-3-10(4-7-12)15(18)19/h3-9,16-17H,1-2H3,(H,18,19). The molecule has 0 radical (unpaired) electrons. The first kappa shape index (κ1) is 19.5. The molecule has 0 atom stereocenters. The molecule has 0 saturated heterocycles. The molecule has 0 unspecified atom stereocenters. The Morgan fingerprint density at radius 3 is 2.12 bits per heavy atom. The Morgan fingerprint density at radius 1 is 1.00 bits per heavy atom. The summed E-state index contributed by atoms with van der Waals surface area (Å²) in [5.74, 6) is -1.04. The second-order valence-corrected chi connectivity index (χ2v) is 8.66. The Morgan fingerprint density at radius 2 is 1.62 bits per heavy atom. The molecule has 0 aliphatic heterocycles. The van der Waals surface area contributed by atoms with Crippen molar-refractivity contribution in [3.05, 3.63) is 48.0 Å². The number of nitrogens with one attached hydrogen (secondary N) is 2. The molecular formula is C15H16N2O7S2. The molecule has 0 saturated carbocycles. The van der Waals surface area contributed by atoms with Crippen molar-refractivity contribution in [3.63, 3.8) is 0 Å². The summed E-state index contributed by atoms with van der Waals surface area (Å²) in [6, 6.07) is 8.72. The van der Waals surface area contributed by atoms with Gasteiger partial charge in [-0.25, -0.2) is 21.6 Å². The fourth-order valence-corrected chi connectivity index (χ4v) is 3.65. The van der Waals surface area contributed by atoms with Gasteiger partial charge in [-0.15, -0.1) is 0 Å². The zero-order valence-electron chi connectivity index (χ0n) is 13.8. The molecule has 2 aromatic rings. The number of hydrogen-bond acceptors (Lipinski definition) is 6. The van der Waals surface area contributed by atoms with Gasteiger partial charge in [0.05, 0.1) is 35.2 Å². The molecule has 0 spiro atoms. The number of benzene rings is 2. The van der Waals surface area contributed by atoms with Crippen LogP contribution in [0.4, 0.5) is 11.4 Å². The third kappa shape index (κ3) is 4.86. The van der Waals surface area contributed by atoms with Crippen LogP contribution in [0.1, 0.15) is 10.4 Å². The smallest absolute Gasteiger partial charge is 0.335 e. The van der Waals surface area contributed by atoms with Crippen LogP contribution >= 0.6 is 0 Å². The highest BCUT2D eigenvalue weighted by molar-refractivity contribution is 7.92. The Labute approximate surface area is 150 Å². The van der Waals surface area contributed by atoms with Crippen molar-refractivity contribution in [1.29, 1.82) is 0 Å². The number of anilines is 2. The maximum atomic E-state index is 12.4. The largest absolute Gasteiger partial charge is 0.494 e. The Balaban J connectivity index is 2.30. The summed E-state index contributed by atoms with van der Waals surface area (Å²) in [7, 11) is -6.18. The highest BCUT2D eigenvalue weighted by atomic mass is 32.2. The van der Waals surface area contributed by atoms with Crippen LogP contribution < -0.4 is 14.2 Å². The first-order valence-corrected chi connectivity index (χ1v) is 10.4. The van der Waals surface area contributed by atoms with Crippen LogP contribution in [-0.2, 0) is 20.0 Å². The van der Waals surface area contributed by atoms with E-state index in [0.717, 1.165) is 6.26 Å². The molecule has 0 heterocycles. The molecule has 3 N–H and O–H groups in total. The quantitative estimate of drug-likeness (QED) is 0.641. The number of aromatic carboxylic acids is 1. The summed E-state index contributed by atoms with van der Waals surface area (Å²) < 4.78 is 57.1. The van der Waals surface area contributed by atoms with Crippen LogP contribution in [0.25, 0.3) is 0 Å². The highest BCUT2D eigenvalue weighted by Gasteiger charge is 2.17. The summed E-state index contributed by atoms with van der Waals surface area (Å²) in [6.07, 6.45) is 0.976. The van der Waals surface area contributed by atoms with Crippen LogP contribution in [0.3, 0.4) is 0 Å². The Kier molecular flexibility index (Phi) is 5.42. The molecule has 0 aromatic heterocycles. The van der Waals surface area contributed by atoms with E-state index >= 15 is 0 Å². The summed E-state index contributed by atoms with van der Waals surface area (Å²) in [4.78, 5) is 10.7. The zero-order valence-corrected chi connectivity index (χ0v) is 15.4. The minimum absolute atomic E-state index is 0.0400. The topological polar surface area (TPSA) is 139 Å². The number of methoxy groups -OCH3 is 1. The Hall–Kier alpha value is -2.79. The third-order valence-electron chi connectivity index (χ3n) is 3.16. The molecule has 140 valence electrons. The van der Waals surface area contributed by atoms with Gasteiger partial charge in [0.1, 0.15) is 5.75 Å². The molecule has 0 fully saturated rings.